The lowest BCUT2D eigenvalue weighted by Crippen LogP contribution is -2.42. The summed E-state index contributed by atoms with van der Waals surface area (Å²) >= 11 is 1.60. The van der Waals surface area contributed by atoms with Gasteiger partial charge in [-0.05, 0) is 11.6 Å². The summed E-state index contributed by atoms with van der Waals surface area (Å²) < 4.78 is 38.6. The number of hydrogen-bond acceptors (Lipinski definition) is 3. The smallest absolute Gasteiger partial charge is 0.340 e. The van der Waals surface area contributed by atoms with Gasteiger partial charge in [0.2, 0.25) is 5.91 Å². The Morgan fingerprint density at radius 3 is 2.75 bits per heavy atom. The van der Waals surface area contributed by atoms with E-state index >= 15 is 0 Å². The van der Waals surface area contributed by atoms with Crippen LogP contribution in [0.5, 0.6) is 0 Å². The SMILES string of the molecule is CN(Cc1ccccc1C(F)(F)F)C(=O)[C@H]1CSCN1. The number of hydrogen-bond donors (Lipinski definition) is 1. The second kappa shape index (κ2) is 6.05. The van der Waals surface area contributed by atoms with Gasteiger partial charge in [-0.1, -0.05) is 18.2 Å². The second-order valence-electron chi connectivity index (χ2n) is 4.62. The highest BCUT2D eigenvalue weighted by atomic mass is 32.2. The molecule has 110 valence electrons. The quantitative estimate of drug-likeness (QED) is 0.930. The summed E-state index contributed by atoms with van der Waals surface area (Å²) in [6, 6.07) is 5.04. The lowest BCUT2D eigenvalue weighted by molar-refractivity contribution is -0.139. The number of nitrogens with zero attached hydrogens (tertiary/aromatic N) is 1. The first-order chi connectivity index (χ1) is 9.39. The van der Waals surface area contributed by atoms with E-state index in [2.05, 4.69) is 5.32 Å². The molecule has 20 heavy (non-hydrogen) atoms. The Labute approximate surface area is 119 Å². The van der Waals surface area contributed by atoms with Gasteiger partial charge in [-0.3, -0.25) is 10.1 Å². The maximum Gasteiger partial charge on any atom is 0.416 e. The minimum atomic E-state index is -4.40. The van der Waals surface area contributed by atoms with E-state index in [1.807, 2.05) is 0 Å². The van der Waals surface area contributed by atoms with Crippen molar-refractivity contribution in [2.45, 2.75) is 18.8 Å². The average molecular weight is 304 g/mol. The van der Waals surface area contributed by atoms with Gasteiger partial charge in [-0.25, -0.2) is 0 Å². The predicted molar refractivity (Wildman–Crippen MR) is 72.2 cm³/mol. The van der Waals surface area contributed by atoms with Crippen LogP contribution in [0.25, 0.3) is 0 Å². The normalized spacial score (nSPS) is 19.1. The van der Waals surface area contributed by atoms with E-state index in [0.717, 1.165) is 6.07 Å². The third-order valence-corrected chi connectivity index (χ3v) is 4.06. The van der Waals surface area contributed by atoms with Gasteiger partial charge in [0.05, 0.1) is 11.6 Å². The van der Waals surface area contributed by atoms with Crippen LogP contribution in [0.3, 0.4) is 0 Å². The van der Waals surface area contributed by atoms with E-state index in [1.54, 1.807) is 17.8 Å². The molecule has 0 unspecified atom stereocenters. The van der Waals surface area contributed by atoms with E-state index in [0.29, 0.717) is 11.6 Å². The molecule has 1 aliphatic rings. The van der Waals surface area contributed by atoms with Crippen molar-refractivity contribution in [1.82, 2.24) is 10.2 Å². The van der Waals surface area contributed by atoms with E-state index < -0.39 is 11.7 Å². The summed E-state index contributed by atoms with van der Waals surface area (Å²) in [4.78, 5) is 13.4. The van der Waals surface area contributed by atoms with Crippen LogP contribution in [0.2, 0.25) is 0 Å². The molecule has 1 saturated heterocycles. The fraction of sp³-hybridized carbons (Fsp3) is 0.462. The molecular formula is C13H15F3N2OS. The second-order valence-corrected chi connectivity index (χ2v) is 5.65. The van der Waals surface area contributed by atoms with Crippen molar-refractivity contribution in [3.63, 3.8) is 0 Å². The van der Waals surface area contributed by atoms with Gasteiger partial charge in [0.1, 0.15) is 0 Å². The number of alkyl halides is 3. The molecule has 2 rings (SSSR count). The van der Waals surface area contributed by atoms with Gasteiger partial charge in [0.25, 0.3) is 0 Å². The molecule has 3 nitrogen and oxygen atoms in total. The van der Waals surface area contributed by atoms with Crippen LogP contribution in [-0.4, -0.2) is 35.5 Å². The first-order valence-corrected chi connectivity index (χ1v) is 7.26. The highest BCUT2D eigenvalue weighted by molar-refractivity contribution is 7.99. The number of benzene rings is 1. The van der Waals surface area contributed by atoms with Crippen LogP contribution in [0, 0.1) is 0 Å². The minimum absolute atomic E-state index is 0.0443. The molecule has 0 spiro atoms. The zero-order valence-corrected chi connectivity index (χ0v) is 11.7. The molecule has 7 heteroatoms. The number of amides is 1. The van der Waals surface area contributed by atoms with Crippen molar-refractivity contribution < 1.29 is 18.0 Å². The molecule has 1 heterocycles. The lowest BCUT2D eigenvalue weighted by atomic mass is 10.1. The molecule has 1 N–H and O–H groups in total. The van der Waals surface area contributed by atoms with E-state index in [9.17, 15) is 18.0 Å². The number of carbonyl (C=O) groups excluding carboxylic acids is 1. The maximum atomic E-state index is 12.9. The zero-order valence-electron chi connectivity index (χ0n) is 10.9. The molecule has 1 aromatic carbocycles. The van der Waals surface area contributed by atoms with Crippen LogP contribution in [0.4, 0.5) is 13.2 Å². The summed E-state index contributed by atoms with van der Waals surface area (Å²) in [5.41, 5.74) is -0.574. The maximum absolute atomic E-state index is 12.9. The van der Waals surface area contributed by atoms with Crippen LogP contribution in [0.15, 0.2) is 24.3 Å². The number of nitrogens with one attached hydrogen (secondary N) is 1. The zero-order chi connectivity index (χ0) is 14.8. The van der Waals surface area contributed by atoms with Crippen molar-refractivity contribution in [2.75, 3.05) is 18.7 Å². The molecular weight excluding hydrogens is 289 g/mol. The van der Waals surface area contributed by atoms with Gasteiger partial charge < -0.3 is 4.90 Å². The number of carbonyl (C=O) groups is 1. The molecule has 0 aliphatic carbocycles. The van der Waals surface area contributed by atoms with Crippen LogP contribution in [0.1, 0.15) is 11.1 Å². The van der Waals surface area contributed by atoms with E-state index in [-0.39, 0.29) is 24.1 Å². The van der Waals surface area contributed by atoms with Crippen LogP contribution >= 0.6 is 11.8 Å². The van der Waals surface area contributed by atoms with Crippen molar-refractivity contribution in [3.05, 3.63) is 35.4 Å². The molecule has 0 aromatic heterocycles. The predicted octanol–water partition coefficient (Wildman–Crippen LogP) is 2.33. The molecule has 1 aliphatic heterocycles. The monoisotopic (exact) mass is 304 g/mol. The first-order valence-electron chi connectivity index (χ1n) is 6.11. The van der Waals surface area contributed by atoms with Gasteiger partial charge >= 0.3 is 6.18 Å². The highest BCUT2D eigenvalue weighted by Crippen LogP contribution is 2.32. The van der Waals surface area contributed by atoms with E-state index in [4.69, 9.17) is 0 Å². The first kappa shape index (κ1) is 15.2. The Bertz CT molecular complexity index is 487. The summed E-state index contributed by atoms with van der Waals surface area (Å²) in [7, 11) is 1.53. The lowest BCUT2D eigenvalue weighted by Gasteiger charge is -2.22. The third kappa shape index (κ3) is 3.46. The topological polar surface area (TPSA) is 32.3 Å². The molecule has 0 radical (unpaired) electrons. The van der Waals surface area contributed by atoms with Crippen molar-refractivity contribution in [1.29, 1.82) is 0 Å². The van der Waals surface area contributed by atoms with Crippen molar-refractivity contribution >= 4 is 17.7 Å². The summed E-state index contributed by atoms with van der Waals surface area (Å²) in [5.74, 6) is 1.18. The summed E-state index contributed by atoms with van der Waals surface area (Å²) in [6.07, 6.45) is -4.40. The Hall–Kier alpha value is -1.21. The number of rotatable bonds is 3. The summed E-state index contributed by atoms with van der Waals surface area (Å²) in [6.45, 7) is -0.0443. The molecule has 1 fully saturated rings. The fourth-order valence-corrected chi connectivity index (χ4v) is 3.02. The van der Waals surface area contributed by atoms with Gasteiger partial charge in [0.15, 0.2) is 0 Å². The summed E-state index contributed by atoms with van der Waals surface area (Å²) in [5, 5.41) is 3.02. The highest BCUT2D eigenvalue weighted by Gasteiger charge is 2.34. The average Bonchev–Trinajstić information content (AvgIpc) is 2.91. The molecule has 0 bridgehead atoms. The van der Waals surface area contributed by atoms with Gasteiger partial charge in [0, 0.05) is 25.2 Å². The molecule has 0 saturated carbocycles. The standard InChI is InChI=1S/C13H15F3N2OS/c1-18(12(19)11-7-20-8-17-11)6-9-4-2-3-5-10(9)13(14,15)16/h2-5,11,17H,6-8H2,1H3/t11-/m1/s1. The van der Waals surface area contributed by atoms with Gasteiger partial charge in [-0.2, -0.15) is 13.2 Å². The molecule has 1 aromatic rings. The fourth-order valence-electron chi connectivity index (χ4n) is 2.09. The third-order valence-electron chi connectivity index (χ3n) is 3.12. The van der Waals surface area contributed by atoms with Crippen molar-refractivity contribution in [3.8, 4) is 0 Å². The van der Waals surface area contributed by atoms with Crippen molar-refractivity contribution in [2.24, 2.45) is 0 Å². The molecule has 1 amide bonds. The Kier molecular flexibility index (Phi) is 4.59. The Morgan fingerprint density at radius 1 is 1.45 bits per heavy atom. The Balaban J connectivity index is 2.11. The van der Waals surface area contributed by atoms with E-state index in [1.165, 1.54) is 24.1 Å². The van der Waals surface area contributed by atoms with Crippen LogP contribution < -0.4 is 5.32 Å². The molecule has 1 atom stereocenters. The number of halogens is 3. The Morgan fingerprint density at radius 2 is 2.15 bits per heavy atom. The van der Waals surface area contributed by atoms with Gasteiger partial charge in [-0.15, -0.1) is 11.8 Å². The van der Waals surface area contributed by atoms with Crippen LogP contribution in [-0.2, 0) is 17.5 Å². The largest absolute Gasteiger partial charge is 0.416 e. The number of thioether (sulfide) groups is 1. The number of likely N-dealkylation sites (N-methyl/N-ethyl adjacent to an activating group) is 1. The minimum Gasteiger partial charge on any atom is -0.340 e.